The zero-order chi connectivity index (χ0) is 9.56. The molecule has 0 saturated carbocycles. The second kappa shape index (κ2) is 5.98. The van der Waals surface area contributed by atoms with Crippen LogP contribution in [-0.4, -0.2) is 18.8 Å². The maximum absolute atomic E-state index is 11.0. The fourth-order valence-corrected chi connectivity index (χ4v) is 1.24. The van der Waals surface area contributed by atoms with Crippen molar-refractivity contribution >= 4 is 30.4 Å². The van der Waals surface area contributed by atoms with Gasteiger partial charge < -0.3 is 4.74 Å². The molecule has 0 N–H and O–H groups in total. The molecule has 0 aliphatic heterocycles. The van der Waals surface area contributed by atoms with Crippen molar-refractivity contribution in [1.29, 1.82) is 5.26 Å². The van der Waals surface area contributed by atoms with Crippen molar-refractivity contribution in [2.75, 3.05) is 12.9 Å². The third kappa shape index (κ3) is 3.20. The SMILES string of the molecule is CCOC(=O)C(S)=C(C#N)SC. The molecular formula is C7H9NO2S2. The van der Waals surface area contributed by atoms with Crippen LogP contribution in [0.1, 0.15) is 6.92 Å². The van der Waals surface area contributed by atoms with Crippen LogP contribution in [0.4, 0.5) is 0 Å². The highest BCUT2D eigenvalue weighted by Crippen LogP contribution is 2.19. The normalized spacial score (nSPS) is 11.5. The number of hydrogen-bond acceptors (Lipinski definition) is 5. The second-order valence-electron chi connectivity index (χ2n) is 1.71. The fourth-order valence-electron chi connectivity index (χ4n) is 0.487. The molecule has 66 valence electrons. The molecule has 5 heteroatoms. The summed E-state index contributed by atoms with van der Waals surface area (Å²) in [4.78, 5) is 11.3. The van der Waals surface area contributed by atoms with E-state index in [-0.39, 0.29) is 16.4 Å². The number of ether oxygens (including phenoxy) is 1. The van der Waals surface area contributed by atoms with Gasteiger partial charge >= 0.3 is 5.97 Å². The van der Waals surface area contributed by atoms with E-state index in [0.717, 1.165) is 0 Å². The van der Waals surface area contributed by atoms with E-state index in [9.17, 15) is 4.79 Å². The Labute approximate surface area is 81.2 Å². The lowest BCUT2D eigenvalue weighted by molar-refractivity contribution is -0.137. The minimum atomic E-state index is -0.549. The molecule has 0 aliphatic carbocycles. The molecule has 0 amide bonds. The average molecular weight is 203 g/mol. The van der Waals surface area contributed by atoms with Gasteiger partial charge in [0, 0.05) is 0 Å². The van der Waals surface area contributed by atoms with Crippen molar-refractivity contribution in [2.24, 2.45) is 0 Å². The number of rotatable bonds is 3. The van der Waals surface area contributed by atoms with Gasteiger partial charge in [-0.2, -0.15) is 5.26 Å². The van der Waals surface area contributed by atoms with E-state index >= 15 is 0 Å². The lowest BCUT2D eigenvalue weighted by atomic mass is 10.5. The van der Waals surface area contributed by atoms with Gasteiger partial charge in [0.15, 0.2) is 0 Å². The van der Waals surface area contributed by atoms with Gasteiger partial charge in [0.25, 0.3) is 0 Å². The number of nitriles is 1. The molecule has 0 aromatic heterocycles. The Morgan fingerprint density at radius 3 is 2.67 bits per heavy atom. The third-order valence-corrected chi connectivity index (χ3v) is 2.25. The van der Waals surface area contributed by atoms with Crippen LogP contribution >= 0.6 is 24.4 Å². The molecule has 0 heterocycles. The predicted octanol–water partition coefficient (Wildman–Crippen LogP) is 1.58. The summed E-state index contributed by atoms with van der Waals surface area (Å²) < 4.78 is 4.65. The molecule has 0 aliphatic rings. The van der Waals surface area contributed by atoms with Crippen LogP contribution in [0.2, 0.25) is 0 Å². The maximum atomic E-state index is 11.0. The first-order valence-electron chi connectivity index (χ1n) is 3.21. The minimum Gasteiger partial charge on any atom is -0.462 e. The van der Waals surface area contributed by atoms with Crippen LogP contribution < -0.4 is 0 Å². The van der Waals surface area contributed by atoms with Gasteiger partial charge in [-0.3, -0.25) is 0 Å². The Bertz CT molecular complexity index is 242. The van der Waals surface area contributed by atoms with Crippen LogP contribution in [0.25, 0.3) is 0 Å². The molecule has 0 atom stereocenters. The van der Waals surface area contributed by atoms with E-state index in [1.54, 1.807) is 13.2 Å². The number of carbonyl (C=O) groups excluding carboxylic acids is 1. The summed E-state index contributed by atoms with van der Waals surface area (Å²) in [6.45, 7) is 1.99. The van der Waals surface area contributed by atoms with Gasteiger partial charge in [-0.05, 0) is 13.2 Å². The van der Waals surface area contributed by atoms with Gasteiger partial charge in [-0.25, -0.2) is 4.79 Å². The lowest BCUT2D eigenvalue weighted by Crippen LogP contribution is -2.04. The van der Waals surface area contributed by atoms with Gasteiger partial charge in [0.2, 0.25) is 0 Å². The first-order valence-corrected chi connectivity index (χ1v) is 4.89. The number of esters is 1. The highest BCUT2D eigenvalue weighted by molar-refractivity contribution is 8.03. The molecule has 0 aromatic rings. The summed E-state index contributed by atoms with van der Waals surface area (Å²) in [5.74, 6) is -0.549. The quantitative estimate of drug-likeness (QED) is 0.327. The van der Waals surface area contributed by atoms with Crippen molar-refractivity contribution in [3.8, 4) is 6.07 Å². The predicted molar refractivity (Wildman–Crippen MR) is 51.8 cm³/mol. The smallest absolute Gasteiger partial charge is 0.346 e. The van der Waals surface area contributed by atoms with E-state index < -0.39 is 5.97 Å². The Kier molecular flexibility index (Phi) is 5.68. The van der Waals surface area contributed by atoms with Crippen molar-refractivity contribution < 1.29 is 9.53 Å². The summed E-state index contributed by atoms with van der Waals surface area (Å²) in [6, 6.07) is 1.86. The lowest BCUT2D eigenvalue weighted by Gasteiger charge is -2.01. The summed E-state index contributed by atoms with van der Waals surface area (Å²) in [5, 5.41) is 8.53. The molecule has 0 unspecified atom stereocenters. The van der Waals surface area contributed by atoms with E-state index in [2.05, 4.69) is 17.4 Å². The molecule has 0 rings (SSSR count). The molecule has 0 saturated heterocycles. The van der Waals surface area contributed by atoms with Crippen molar-refractivity contribution in [3.05, 3.63) is 9.81 Å². The first kappa shape index (κ1) is 11.4. The van der Waals surface area contributed by atoms with E-state index in [4.69, 9.17) is 5.26 Å². The molecule has 0 radical (unpaired) electrons. The summed E-state index contributed by atoms with van der Waals surface area (Å²) >= 11 is 5.05. The van der Waals surface area contributed by atoms with Crippen molar-refractivity contribution in [2.45, 2.75) is 6.92 Å². The summed E-state index contributed by atoms with van der Waals surface area (Å²) in [6.07, 6.45) is 1.70. The molecule has 12 heavy (non-hydrogen) atoms. The van der Waals surface area contributed by atoms with Gasteiger partial charge in [0.1, 0.15) is 15.9 Å². The Morgan fingerprint density at radius 1 is 1.75 bits per heavy atom. The number of carbonyl (C=O) groups is 1. The minimum absolute atomic E-state index is 0.0758. The largest absolute Gasteiger partial charge is 0.462 e. The number of allylic oxidation sites excluding steroid dienone is 1. The molecule has 3 nitrogen and oxygen atoms in total. The second-order valence-corrected chi connectivity index (χ2v) is 2.98. The van der Waals surface area contributed by atoms with Crippen LogP contribution in [0.3, 0.4) is 0 Å². The zero-order valence-electron chi connectivity index (χ0n) is 6.83. The van der Waals surface area contributed by atoms with Crippen LogP contribution in [-0.2, 0) is 9.53 Å². The van der Waals surface area contributed by atoms with Crippen molar-refractivity contribution in [1.82, 2.24) is 0 Å². The zero-order valence-corrected chi connectivity index (χ0v) is 8.54. The van der Waals surface area contributed by atoms with Crippen LogP contribution in [0.5, 0.6) is 0 Å². The van der Waals surface area contributed by atoms with Crippen molar-refractivity contribution in [3.63, 3.8) is 0 Å². The topological polar surface area (TPSA) is 50.1 Å². The maximum Gasteiger partial charge on any atom is 0.346 e. The third-order valence-electron chi connectivity index (χ3n) is 0.990. The van der Waals surface area contributed by atoms with E-state index in [1.165, 1.54) is 11.8 Å². The van der Waals surface area contributed by atoms with Crippen LogP contribution in [0, 0.1) is 11.3 Å². The van der Waals surface area contributed by atoms with Gasteiger partial charge in [0.05, 0.1) is 6.61 Å². The number of thioether (sulfide) groups is 1. The van der Waals surface area contributed by atoms with Gasteiger partial charge in [-0.15, -0.1) is 24.4 Å². The van der Waals surface area contributed by atoms with Crippen LogP contribution in [0.15, 0.2) is 9.81 Å². The number of nitrogens with zero attached hydrogens (tertiary/aromatic N) is 1. The average Bonchev–Trinajstić information content (AvgIpc) is 2.07. The Morgan fingerprint density at radius 2 is 2.33 bits per heavy atom. The molecule has 0 spiro atoms. The van der Waals surface area contributed by atoms with E-state index in [1.807, 2.05) is 6.07 Å². The summed E-state index contributed by atoms with van der Waals surface area (Å²) in [7, 11) is 0. The highest BCUT2D eigenvalue weighted by atomic mass is 32.2. The standard InChI is InChI=1S/C7H9NO2S2/c1-3-10-7(9)6(11)5(4-8)12-2/h11H,3H2,1-2H3. The molecule has 0 fully saturated rings. The number of hydrogen-bond donors (Lipinski definition) is 1. The number of thiol groups is 1. The first-order chi connectivity index (χ1) is 5.67. The Hall–Kier alpha value is -0.600. The summed E-state index contributed by atoms with van der Waals surface area (Å²) in [5.41, 5.74) is 0. The fraction of sp³-hybridized carbons (Fsp3) is 0.429. The molecular weight excluding hydrogens is 194 g/mol. The highest BCUT2D eigenvalue weighted by Gasteiger charge is 2.11. The monoisotopic (exact) mass is 203 g/mol. The van der Waals surface area contributed by atoms with Gasteiger partial charge in [-0.1, -0.05) is 0 Å². The molecule has 0 bridgehead atoms. The van der Waals surface area contributed by atoms with E-state index in [0.29, 0.717) is 0 Å². The Balaban J connectivity index is 4.54. The molecule has 0 aromatic carbocycles.